The maximum absolute atomic E-state index is 12.4. The van der Waals surface area contributed by atoms with Crippen molar-refractivity contribution in [3.05, 3.63) is 128 Å². The molecule has 0 fully saturated rings. The Morgan fingerprint density at radius 2 is 1.37 bits per heavy atom. The first-order valence-corrected chi connectivity index (χ1v) is 26.8. The number of hydrogen-bond acceptors (Lipinski definition) is 14. The molecule has 1 aliphatic carbocycles. The summed E-state index contributed by atoms with van der Waals surface area (Å²) in [6.07, 6.45) is 10.1. The van der Waals surface area contributed by atoms with E-state index in [0.29, 0.717) is 104 Å². The van der Waals surface area contributed by atoms with Crippen LogP contribution in [0.2, 0.25) is 0 Å². The van der Waals surface area contributed by atoms with Crippen molar-refractivity contribution in [2.24, 2.45) is 5.11 Å². The molecule has 6 rings (SSSR count). The number of ether oxygens (including phenoxy) is 4. The summed E-state index contributed by atoms with van der Waals surface area (Å²) in [5.74, 6) is 0.767. The lowest BCUT2D eigenvalue weighted by Gasteiger charge is -2.27. The van der Waals surface area contributed by atoms with Crippen LogP contribution in [0.3, 0.4) is 0 Å². The van der Waals surface area contributed by atoms with Gasteiger partial charge in [-0.25, -0.2) is 13.5 Å². The van der Waals surface area contributed by atoms with Gasteiger partial charge in [-0.1, -0.05) is 25.0 Å². The van der Waals surface area contributed by atoms with Gasteiger partial charge in [0.2, 0.25) is 5.69 Å². The Morgan fingerprint density at radius 3 is 1.99 bits per heavy atom. The zero-order valence-corrected chi connectivity index (χ0v) is 42.6. The quantitative estimate of drug-likeness (QED) is 0.0241. The van der Waals surface area contributed by atoms with Crippen molar-refractivity contribution in [1.82, 2.24) is 0 Å². The third kappa shape index (κ3) is 12.4. The summed E-state index contributed by atoms with van der Waals surface area (Å²) in [5, 5.41) is 5.11. The largest absolute Gasteiger partial charge is 0.744 e. The molecule has 70 heavy (non-hydrogen) atoms. The molecule has 0 spiro atoms. The van der Waals surface area contributed by atoms with Crippen molar-refractivity contribution < 1.29 is 67.3 Å². The summed E-state index contributed by atoms with van der Waals surface area (Å²) < 4.78 is 130. The molecular formula is C48H59N5O14S3. The van der Waals surface area contributed by atoms with Crippen LogP contribution < -0.4 is 9.80 Å². The molecular weight excluding hydrogens is 967 g/mol. The van der Waals surface area contributed by atoms with E-state index in [1.807, 2.05) is 63.6 Å². The average molecular weight is 1030 g/mol. The maximum atomic E-state index is 12.4. The van der Waals surface area contributed by atoms with Gasteiger partial charge in [-0.05, 0) is 142 Å². The molecule has 0 amide bonds. The monoisotopic (exact) mass is 1030 g/mol. The van der Waals surface area contributed by atoms with Gasteiger partial charge in [0.1, 0.15) is 28.7 Å². The minimum atomic E-state index is -4.72. The van der Waals surface area contributed by atoms with Gasteiger partial charge in [0.05, 0.1) is 71.1 Å². The van der Waals surface area contributed by atoms with Gasteiger partial charge < -0.3 is 23.5 Å². The number of nitrogens with zero attached hydrogens (tertiary/aromatic N) is 5. The smallest absolute Gasteiger partial charge is 0.294 e. The van der Waals surface area contributed by atoms with Gasteiger partial charge in [0.15, 0.2) is 5.71 Å². The number of rotatable bonds is 22. The molecule has 2 aliphatic heterocycles. The van der Waals surface area contributed by atoms with Crippen molar-refractivity contribution in [3.8, 4) is 5.75 Å². The summed E-state index contributed by atoms with van der Waals surface area (Å²) in [6.45, 7) is 13.7. The predicted molar refractivity (Wildman–Crippen MR) is 260 cm³/mol. The predicted octanol–water partition coefficient (Wildman–Crippen LogP) is 8.07. The Morgan fingerprint density at radius 1 is 0.771 bits per heavy atom. The third-order valence-corrected chi connectivity index (χ3v) is 14.9. The molecule has 0 saturated carbocycles. The van der Waals surface area contributed by atoms with Gasteiger partial charge in [0, 0.05) is 40.7 Å². The van der Waals surface area contributed by atoms with E-state index in [2.05, 4.69) is 10.0 Å². The van der Waals surface area contributed by atoms with E-state index >= 15 is 0 Å². The number of aryl methyl sites for hydroxylation is 2. The standard InChI is InChI=1S/C48H59N5O14S3/c1-32-28-38(69(57,58)59)30-40-44(32)52(7)42(47(40,3)4)18-12-34-10-8-11-35(46(34)67-36-14-16-37(17-15-36)68(54,55)56)13-19-43-48(5,6)41-31-39(70(60,61)62)29-33(2)45(41)53(43)66-27-26-65-25-24-64-23-22-63-21-9-20-50-51-49/h12-19,28-31H,8-11,20-27H2,1-7H3,(H2-,54,55,56,57,58,59,60,61,62). The van der Waals surface area contributed by atoms with E-state index in [9.17, 15) is 38.9 Å². The minimum absolute atomic E-state index is 0.0982. The van der Waals surface area contributed by atoms with Crippen molar-refractivity contribution in [1.29, 1.82) is 0 Å². The van der Waals surface area contributed by atoms with E-state index in [1.54, 1.807) is 18.9 Å². The second-order valence-electron chi connectivity index (χ2n) is 18.0. The first-order valence-electron chi connectivity index (χ1n) is 22.5. The molecule has 378 valence electrons. The summed E-state index contributed by atoms with van der Waals surface area (Å²) in [7, 11) is -11.9. The topological polar surface area (TPSA) is 267 Å². The summed E-state index contributed by atoms with van der Waals surface area (Å²) in [4.78, 5) is 8.25. The normalized spacial score (nSPS) is 18.0. The number of benzene rings is 3. The fraction of sp³-hybridized carbons (Fsp3) is 0.438. The van der Waals surface area contributed by atoms with Crippen LogP contribution in [0, 0.1) is 13.8 Å². The number of azide groups is 1. The Labute approximate surface area is 409 Å². The van der Waals surface area contributed by atoms with Crippen LogP contribution in [0.25, 0.3) is 10.4 Å². The van der Waals surface area contributed by atoms with E-state index in [4.69, 9.17) is 29.3 Å². The molecule has 0 unspecified atom stereocenters. The average Bonchev–Trinajstić information content (AvgIpc) is 3.61. The fourth-order valence-corrected chi connectivity index (χ4v) is 10.5. The molecule has 2 N–H and O–H groups in total. The first-order chi connectivity index (χ1) is 32.9. The summed E-state index contributed by atoms with van der Waals surface area (Å²) >= 11 is 0. The van der Waals surface area contributed by atoms with Crippen LogP contribution >= 0.6 is 0 Å². The molecule has 19 nitrogen and oxygen atoms in total. The lowest BCUT2D eigenvalue weighted by atomic mass is 9.80. The van der Waals surface area contributed by atoms with E-state index in [0.717, 1.165) is 22.5 Å². The van der Waals surface area contributed by atoms with Crippen LogP contribution in [0.4, 0.5) is 11.4 Å². The molecule has 0 atom stereocenters. The Hall–Kier alpha value is -5.23. The lowest BCUT2D eigenvalue weighted by Crippen LogP contribution is -2.28. The number of hydrogen-bond donors (Lipinski definition) is 2. The number of fused-ring (bicyclic) bond motifs is 2. The van der Waals surface area contributed by atoms with Gasteiger partial charge in [-0.3, -0.25) is 13.9 Å². The summed E-state index contributed by atoms with van der Waals surface area (Å²) in [6, 6.07) is 11.0. The molecule has 0 bridgehead atoms. The molecule has 0 radical (unpaired) electrons. The van der Waals surface area contributed by atoms with Gasteiger partial charge in [-0.15, -0.1) is 0 Å². The SMILES string of the molecule is Cc1cc(S(=O)(=O)O)cc2c1N(OCCOCCOCCOCCCN=[N+]=[N-])/C(=C/C=C1\CCCC(/C=C/C3=[N+](C)c4c(C)cc(S(=O)(=O)[O-])cc4C3(C)C)=C1Oc1ccc(S(=O)(=O)O)cc1)C2(C)C. The molecule has 3 aromatic carbocycles. The van der Waals surface area contributed by atoms with Crippen molar-refractivity contribution in [3.63, 3.8) is 0 Å². The number of allylic oxidation sites excluding steroid dienone is 7. The second-order valence-corrected chi connectivity index (χ2v) is 22.2. The number of anilines is 1. The van der Waals surface area contributed by atoms with Crippen molar-refractivity contribution in [2.75, 3.05) is 64.9 Å². The van der Waals surface area contributed by atoms with Gasteiger partial charge >= 0.3 is 0 Å². The van der Waals surface area contributed by atoms with Gasteiger partial charge in [0.25, 0.3) is 20.2 Å². The van der Waals surface area contributed by atoms with E-state index in [1.165, 1.54) is 48.5 Å². The molecule has 3 aliphatic rings. The minimum Gasteiger partial charge on any atom is -0.744 e. The zero-order valence-electron chi connectivity index (χ0n) is 40.2. The van der Waals surface area contributed by atoms with E-state index in [-0.39, 0.29) is 34.5 Å². The highest BCUT2D eigenvalue weighted by Crippen LogP contribution is 2.51. The van der Waals surface area contributed by atoms with Crippen molar-refractivity contribution in [2.45, 2.75) is 92.7 Å². The number of hydroxylamine groups is 1. The highest BCUT2D eigenvalue weighted by Gasteiger charge is 2.45. The van der Waals surface area contributed by atoms with Crippen molar-refractivity contribution >= 4 is 47.4 Å². The molecule has 0 saturated heterocycles. The first kappa shape index (κ1) is 54.1. The molecule has 2 heterocycles. The second kappa shape index (κ2) is 22.0. The summed E-state index contributed by atoms with van der Waals surface area (Å²) in [5.41, 5.74) is 13.6. The molecule has 3 aromatic rings. The Kier molecular flexibility index (Phi) is 17.0. The van der Waals surface area contributed by atoms with Crippen LogP contribution in [0.5, 0.6) is 5.75 Å². The Bertz CT molecular complexity index is 3040. The fourth-order valence-electron chi connectivity index (χ4n) is 8.89. The van der Waals surface area contributed by atoms with Crippen LogP contribution in [0.1, 0.15) is 75.6 Å². The highest BCUT2D eigenvalue weighted by atomic mass is 32.2. The Balaban J connectivity index is 1.33. The van der Waals surface area contributed by atoms with E-state index < -0.39 is 41.2 Å². The highest BCUT2D eigenvalue weighted by molar-refractivity contribution is 7.86. The van der Waals surface area contributed by atoms with Crippen LogP contribution in [-0.2, 0) is 60.2 Å². The molecule has 0 aromatic heterocycles. The molecule has 22 heteroatoms. The van der Waals surface area contributed by atoms with Crippen LogP contribution in [-0.4, -0.2) is 109 Å². The van der Waals surface area contributed by atoms with Gasteiger partial charge in [-0.2, -0.15) is 21.4 Å². The third-order valence-electron chi connectivity index (χ3n) is 12.4. The maximum Gasteiger partial charge on any atom is 0.294 e. The zero-order chi connectivity index (χ0) is 51.2. The van der Waals surface area contributed by atoms with Crippen LogP contribution in [0.15, 0.2) is 115 Å². The lowest BCUT2D eigenvalue weighted by molar-refractivity contribution is -0.402.